The lowest BCUT2D eigenvalue weighted by Crippen LogP contribution is -2.46. The predicted octanol–water partition coefficient (Wildman–Crippen LogP) is 6.94. The van der Waals surface area contributed by atoms with E-state index < -0.39 is 33.5 Å². The van der Waals surface area contributed by atoms with Gasteiger partial charge < -0.3 is 14.8 Å². The molecule has 0 aliphatic heterocycles. The van der Waals surface area contributed by atoms with E-state index in [2.05, 4.69) is 38.2 Å². The Hall–Kier alpha value is -4.24. The number of pyridine rings is 1. The molecule has 0 spiro atoms. The molecule has 1 aliphatic rings. The number of amides is 1. The lowest BCUT2D eigenvalue weighted by Gasteiger charge is -2.19. The summed E-state index contributed by atoms with van der Waals surface area (Å²) in [6.45, 7) is 6.51. The molecule has 1 N–H and O–H groups in total. The van der Waals surface area contributed by atoms with Crippen molar-refractivity contribution in [2.24, 2.45) is 5.92 Å². The fraction of sp³-hybridized carbons (Fsp3) is 0.378. The number of nitrogens with zero attached hydrogens (tertiary/aromatic N) is 1. The number of sulfone groups is 1. The zero-order valence-electron chi connectivity index (χ0n) is 26.9. The summed E-state index contributed by atoms with van der Waals surface area (Å²) in [5, 5.41) is 4.28. The number of rotatable bonds is 11. The highest BCUT2D eigenvalue weighted by atomic mass is 32.2. The van der Waals surface area contributed by atoms with Crippen LogP contribution in [0, 0.1) is 5.92 Å². The molecular formula is C37H42N2O6S. The molecular weight excluding hydrogens is 600 g/mol. The van der Waals surface area contributed by atoms with Crippen molar-refractivity contribution in [1.29, 1.82) is 0 Å². The molecule has 1 saturated carbocycles. The highest BCUT2D eigenvalue weighted by molar-refractivity contribution is 7.90. The number of hydrogen-bond donors (Lipinski definition) is 1. The maximum absolute atomic E-state index is 13.6. The minimum absolute atomic E-state index is 0.0412. The van der Waals surface area contributed by atoms with Gasteiger partial charge in [-0.3, -0.25) is 4.79 Å². The molecule has 0 saturated heterocycles. The summed E-state index contributed by atoms with van der Waals surface area (Å²) in [7, 11) is -2.60. The van der Waals surface area contributed by atoms with Gasteiger partial charge in [0.2, 0.25) is 0 Å². The number of carbonyl (C=O) groups excluding carboxylic acids is 2. The largest absolute Gasteiger partial charge is 0.467 e. The van der Waals surface area contributed by atoms with E-state index in [4.69, 9.17) is 14.5 Å². The van der Waals surface area contributed by atoms with Gasteiger partial charge in [0.15, 0.2) is 9.84 Å². The fourth-order valence-corrected chi connectivity index (χ4v) is 7.51. The van der Waals surface area contributed by atoms with Crippen LogP contribution < -0.4 is 10.1 Å². The van der Waals surface area contributed by atoms with E-state index in [1.807, 2.05) is 30.3 Å². The van der Waals surface area contributed by atoms with Gasteiger partial charge in [0.05, 0.1) is 18.6 Å². The molecule has 242 valence electrons. The van der Waals surface area contributed by atoms with Crippen LogP contribution in [0.15, 0.2) is 78.9 Å². The van der Waals surface area contributed by atoms with Crippen LogP contribution in [0.3, 0.4) is 0 Å². The first-order chi connectivity index (χ1) is 21.9. The van der Waals surface area contributed by atoms with Gasteiger partial charge in [-0.1, -0.05) is 95.0 Å². The van der Waals surface area contributed by atoms with E-state index in [0.717, 1.165) is 42.2 Å². The third-order valence-corrected chi connectivity index (χ3v) is 10.1. The Labute approximate surface area is 271 Å². The Balaban J connectivity index is 1.41. The van der Waals surface area contributed by atoms with Crippen LogP contribution in [-0.4, -0.2) is 44.2 Å². The molecule has 1 amide bonds. The van der Waals surface area contributed by atoms with E-state index >= 15 is 0 Å². The van der Waals surface area contributed by atoms with Gasteiger partial charge in [0.25, 0.3) is 5.91 Å². The zero-order valence-corrected chi connectivity index (χ0v) is 27.7. The van der Waals surface area contributed by atoms with Gasteiger partial charge in [0, 0.05) is 11.1 Å². The average Bonchev–Trinajstić information content (AvgIpc) is 3.53. The highest BCUT2D eigenvalue weighted by Gasteiger charge is 2.29. The first-order valence-electron chi connectivity index (χ1n) is 15.8. The van der Waals surface area contributed by atoms with Crippen LogP contribution in [0.2, 0.25) is 0 Å². The Morgan fingerprint density at radius 2 is 1.61 bits per heavy atom. The quantitative estimate of drug-likeness (QED) is 0.176. The van der Waals surface area contributed by atoms with Crippen molar-refractivity contribution >= 4 is 32.5 Å². The molecule has 9 heteroatoms. The minimum Gasteiger partial charge on any atom is -0.467 e. The Kier molecular flexibility index (Phi) is 10.1. The van der Waals surface area contributed by atoms with Gasteiger partial charge in [-0.15, -0.1) is 0 Å². The second-order valence-electron chi connectivity index (χ2n) is 13.2. The van der Waals surface area contributed by atoms with Gasteiger partial charge in [0.1, 0.15) is 23.2 Å². The first kappa shape index (κ1) is 33.1. The molecule has 5 rings (SSSR count). The number of esters is 1. The number of methoxy groups -OCH3 is 1. The molecule has 3 aromatic carbocycles. The lowest BCUT2D eigenvalue weighted by molar-refractivity contribution is -0.142. The molecule has 0 unspecified atom stereocenters. The van der Waals surface area contributed by atoms with E-state index in [-0.39, 0.29) is 16.9 Å². The molecule has 4 aromatic rings. The van der Waals surface area contributed by atoms with Crippen LogP contribution in [0.4, 0.5) is 0 Å². The molecule has 1 atom stereocenters. The third-order valence-electron chi connectivity index (χ3n) is 8.47. The molecule has 1 heterocycles. The number of nitrogens with one attached hydrogen (secondary N) is 1. The summed E-state index contributed by atoms with van der Waals surface area (Å²) >= 11 is 0. The summed E-state index contributed by atoms with van der Waals surface area (Å²) in [5.41, 5.74) is 2.74. The molecule has 8 nitrogen and oxygen atoms in total. The topological polar surface area (TPSA) is 112 Å². The molecule has 46 heavy (non-hydrogen) atoms. The SMILES string of the molecule is COC(=O)[C@H](CS(=O)(=O)Cc1ccccc1)NC(=O)c1cc2ccc(Oc3ccc(C(C)(C)C)cc3)cc2c(CC2CCCC2)n1. The van der Waals surface area contributed by atoms with E-state index in [9.17, 15) is 18.0 Å². The molecule has 1 fully saturated rings. The highest BCUT2D eigenvalue weighted by Crippen LogP contribution is 2.33. The molecule has 1 aliphatic carbocycles. The predicted molar refractivity (Wildman–Crippen MR) is 180 cm³/mol. The smallest absolute Gasteiger partial charge is 0.329 e. The number of benzene rings is 3. The lowest BCUT2D eigenvalue weighted by atomic mass is 9.87. The fourth-order valence-electron chi connectivity index (χ4n) is 5.96. The van der Waals surface area contributed by atoms with Gasteiger partial charge in [-0.2, -0.15) is 0 Å². The van der Waals surface area contributed by atoms with Crippen LogP contribution in [0.5, 0.6) is 11.5 Å². The molecule has 1 aromatic heterocycles. The maximum Gasteiger partial charge on any atom is 0.329 e. The summed E-state index contributed by atoms with van der Waals surface area (Å²) in [6.07, 6.45) is 5.23. The van der Waals surface area contributed by atoms with Crippen molar-refractivity contribution in [3.05, 3.63) is 101 Å². The van der Waals surface area contributed by atoms with Crippen LogP contribution in [-0.2, 0) is 37.0 Å². The summed E-state index contributed by atoms with van der Waals surface area (Å²) < 4.78 is 37.1. The van der Waals surface area contributed by atoms with E-state index in [1.54, 1.807) is 36.4 Å². The number of carbonyl (C=O) groups is 2. The maximum atomic E-state index is 13.6. The number of hydrogen-bond acceptors (Lipinski definition) is 7. The molecule has 0 bridgehead atoms. The summed E-state index contributed by atoms with van der Waals surface area (Å²) in [5.74, 6) is -0.493. The minimum atomic E-state index is -3.77. The van der Waals surface area contributed by atoms with Gasteiger partial charge in [-0.05, 0) is 64.6 Å². The monoisotopic (exact) mass is 642 g/mol. The number of ether oxygens (including phenoxy) is 2. The van der Waals surface area contributed by atoms with E-state index in [0.29, 0.717) is 23.7 Å². The van der Waals surface area contributed by atoms with Crippen molar-refractivity contribution in [2.45, 2.75) is 70.1 Å². The Morgan fingerprint density at radius 3 is 2.26 bits per heavy atom. The summed E-state index contributed by atoms with van der Waals surface area (Å²) in [6, 6.07) is 22.8. The number of fused-ring (bicyclic) bond motifs is 1. The molecule has 0 radical (unpaired) electrons. The zero-order chi connectivity index (χ0) is 32.9. The van der Waals surface area contributed by atoms with Gasteiger partial charge in [-0.25, -0.2) is 18.2 Å². The van der Waals surface area contributed by atoms with Crippen molar-refractivity contribution in [2.75, 3.05) is 12.9 Å². The normalized spacial score (nSPS) is 14.6. The van der Waals surface area contributed by atoms with Crippen molar-refractivity contribution in [1.82, 2.24) is 10.3 Å². The number of aromatic nitrogens is 1. The van der Waals surface area contributed by atoms with Gasteiger partial charge >= 0.3 is 5.97 Å². The van der Waals surface area contributed by atoms with Crippen molar-refractivity contribution in [3.8, 4) is 11.5 Å². The van der Waals surface area contributed by atoms with E-state index in [1.165, 1.54) is 18.4 Å². The van der Waals surface area contributed by atoms with Crippen LogP contribution in [0.1, 0.15) is 73.8 Å². The second-order valence-corrected chi connectivity index (χ2v) is 15.3. The summed E-state index contributed by atoms with van der Waals surface area (Å²) in [4.78, 5) is 31.0. The first-order valence-corrected chi connectivity index (χ1v) is 17.6. The average molecular weight is 643 g/mol. The van der Waals surface area contributed by atoms with Crippen molar-refractivity contribution in [3.63, 3.8) is 0 Å². The second kappa shape index (κ2) is 14.0. The van der Waals surface area contributed by atoms with Crippen LogP contribution >= 0.6 is 0 Å². The Bertz CT molecular complexity index is 1790. The Morgan fingerprint density at radius 1 is 0.935 bits per heavy atom. The van der Waals surface area contributed by atoms with Crippen molar-refractivity contribution < 1.29 is 27.5 Å². The standard InChI is InChI=1S/C37H42N2O6S/c1-37(2,3)28-15-18-29(19-16-28)45-30-17-14-27-21-33(38-32(31(27)22-30)20-25-10-8-9-11-25)35(40)39-34(36(41)44-4)24-46(42,43)23-26-12-6-5-7-13-26/h5-7,12-19,21-22,25,34H,8-11,20,23-24H2,1-4H3,(H,39,40)/t34-/m0/s1. The third kappa shape index (κ3) is 8.51. The van der Waals surface area contributed by atoms with Crippen LogP contribution in [0.25, 0.3) is 10.8 Å².